The van der Waals surface area contributed by atoms with Gasteiger partial charge in [0.15, 0.2) is 11.5 Å². The summed E-state index contributed by atoms with van der Waals surface area (Å²) in [5, 5.41) is 29.0. The van der Waals surface area contributed by atoms with Crippen LogP contribution in [0.15, 0.2) is 30.3 Å². The SMILES string of the molecule is Cc1cc(C)cc(-c2c(O)ccc(O)c2O)c1. The van der Waals surface area contributed by atoms with Crippen LogP contribution >= 0.6 is 0 Å². The van der Waals surface area contributed by atoms with Crippen LogP contribution in [0.5, 0.6) is 17.2 Å². The molecule has 0 heterocycles. The van der Waals surface area contributed by atoms with Gasteiger partial charge in [0.05, 0.1) is 5.56 Å². The molecule has 3 nitrogen and oxygen atoms in total. The Labute approximate surface area is 99.6 Å². The Morgan fingerprint density at radius 2 is 1.29 bits per heavy atom. The zero-order valence-electron chi connectivity index (χ0n) is 9.73. The van der Waals surface area contributed by atoms with E-state index in [4.69, 9.17) is 0 Å². The summed E-state index contributed by atoms with van der Waals surface area (Å²) in [4.78, 5) is 0. The molecule has 0 aliphatic carbocycles. The number of aromatic hydroxyl groups is 3. The van der Waals surface area contributed by atoms with E-state index in [9.17, 15) is 15.3 Å². The standard InChI is InChI=1S/C14H14O3/c1-8-5-9(2)7-10(6-8)13-11(15)3-4-12(16)14(13)17/h3-7,15-17H,1-2H3. The summed E-state index contributed by atoms with van der Waals surface area (Å²) in [5.41, 5.74) is 3.01. The zero-order valence-corrected chi connectivity index (χ0v) is 9.73. The van der Waals surface area contributed by atoms with Crippen LogP contribution in [0.3, 0.4) is 0 Å². The molecule has 2 aromatic rings. The molecule has 0 unspecified atom stereocenters. The normalized spacial score (nSPS) is 10.5. The number of hydrogen-bond donors (Lipinski definition) is 3. The lowest BCUT2D eigenvalue weighted by Crippen LogP contribution is -1.85. The number of aryl methyl sites for hydroxylation is 2. The highest BCUT2D eigenvalue weighted by atomic mass is 16.3. The quantitative estimate of drug-likeness (QED) is 0.521. The molecule has 0 aliphatic heterocycles. The molecule has 0 saturated carbocycles. The zero-order chi connectivity index (χ0) is 12.6. The molecule has 0 amide bonds. The second-order valence-electron chi connectivity index (χ2n) is 4.20. The number of phenols is 3. The maximum absolute atomic E-state index is 9.80. The molecule has 0 aliphatic rings. The first-order valence-corrected chi connectivity index (χ1v) is 5.31. The average molecular weight is 230 g/mol. The van der Waals surface area contributed by atoms with Gasteiger partial charge >= 0.3 is 0 Å². The fourth-order valence-corrected chi connectivity index (χ4v) is 1.97. The van der Waals surface area contributed by atoms with E-state index in [2.05, 4.69) is 0 Å². The minimum atomic E-state index is -0.296. The highest BCUT2D eigenvalue weighted by Crippen LogP contribution is 2.42. The smallest absolute Gasteiger partial charge is 0.169 e. The summed E-state index contributed by atoms with van der Waals surface area (Å²) in [6.07, 6.45) is 0. The Balaban J connectivity index is 2.72. The summed E-state index contributed by atoms with van der Waals surface area (Å²) < 4.78 is 0. The van der Waals surface area contributed by atoms with Gasteiger partial charge in [-0.2, -0.15) is 0 Å². The molecular formula is C14H14O3. The van der Waals surface area contributed by atoms with Gasteiger partial charge in [0.2, 0.25) is 0 Å². The van der Waals surface area contributed by atoms with Crippen LogP contribution in [0.1, 0.15) is 11.1 Å². The second-order valence-corrected chi connectivity index (χ2v) is 4.20. The largest absolute Gasteiger partial charge is 0.507 e. The molecule has 0 atom stereocenters. The predicted molar refractivity (Wildman–Crippen MR) is 66.3 cm³/mol. The van der Waals surface area contributed by atoms with Crippen molar-refractivity contribution < 1.29 is 15.3 Å². The summed E-state index contributed by atoms with van der Waals surface area (Å²) in [7, 11) is 0. The maximum Gasteiger partial charge on any atom is 0.169 e. The Morgan fingerprint density at radius 3 is 1.88 bits per heavy atom. The van der Waals surface area contributed by atoms with E-state index in [-0.39, 0.29) is 22.8 Å². The monoisotopic (exact) mass is 230 g/mol. The first kappa shape index (κ1) is 11.3. The molecule has 3 heteroatoms. The van der Waals surface area contributed by atoms with E-state index in [1.807, 2.05) is 32.0 Å². The van der Waals surface area contributed by atoms with Gasteiger partial charge in [0, 0.05) is 0 Å². The highest BCUT2D eigenvalue weighted by molar-refractivity contribution is 5.79. The van der Waals surface area contributed by atoms with Gasteiger partial charge in [-0.05, 0) is 31.5 Å². The van der Waals surface area contributed by atoms with Crippen molar-refractivity contribution in [2.45, 2.75) is 13.8 Å². The lowest BCUT2D eigenvalue weighted by molar-refractivity contribution is 0.398. The van der Waals surface area contributed by atoms with Crippen LogP contribution in [0.25, 0.3) is 11.1 Å². The van der Waals surface area contributed by atoms with Crippen LogP contribution in [-0.2, 0) is 0 Å². The Kier molecular flexibility index (Phi) is 2.68. The molecule has 0 fully saturated rings. The molecular weight excluding hydrogens is 216 g/mol. The van der Waals surface area contributed by atoms with Crippen LogP contribution in [0.2, 0.25) is 0 Å². The number of benzene rings is 2. The molecule has 2 rings (SSSR count). The van der Waals surface area contributed by atoms with Crippen LogP contribution < -0.4 is 0 Å². The van der Waals surface area contributed by atoms with Crippen molar-refractivity contribution in [1.82, 2.24) is 0 Å². The van der Waals surface area contributed by atoms with Gasteiger partial charge in [0.25, 0.3) is 0 Å². The van der Waals surface area contributed by atoms with Gasteiger partial charge in [0.1, 0.15) is 5.75 Å². The van der Waals surface area contributed by atoms with Crippen molar-refractivity contribution in [3.05, 3.63) is 41.5 Å². The van der Waals surface area contributed by atoms with E-state index in [0.717, 1.165) is 11.1 Å². The Morgan fingerprint density at radius 1 is 0.765 bits per heavy atom. The van der Waals surface area contributed by atoms with Crippen molar-refractivity contribution in [3.63, 3.8) is 0 Å². The molecule has 0 aromatic heterocycles. The van der Waals surface area contributed by atoms with Gasteiger partial charge in [-0.3, -0.25) is 0 Å². The van der Waals surface area contributed by atoms with Gasteiger partial charge < -0.3 is 15.3 Å². The maximum atomic E-state index is 9.80. The summed E-state index contributed by atoms with van der Waals surface area (Å²) >= 11 is 0. The number of phenolic OH excluding ortho intramolecular Hbond substituents is 3. The van der Waals surface area contributed by atoms with Gasteiger partial charge in [-0.25, -0.2) is 0 Å². The third-order valence-electron chi connectivity index (χ3n) is 2.64. The molecule has 0 spiro atoms. The molecule has 2 aromatic carbocycles. The summed E-state index contributed by atoms with van der Waals surface area (Å²) in [5.74, 6) is -0.586. The summed E-state index contributed by atoms with van der Waals surface area (Å²) in [6.45, 7) is 3.88. The first-order chi connectivity index (χ1) is 7.99. The minimum Gasteiger partial charge on any atom is -0.507 e. The third kappa shape index (κ3) is 2.04. The fraction of sp³-hybridized carbons (Fsp3) is 0.143. The Hall–Kier alpha value is -2.16. The van der Waals surface area contributed by atoms with E-state index < -0.39 is 0 Å². The van der Waals surface area contributed by atoms with Crippen molar-refractivity contribution in [2.75, 3.05) is 0 Å². The molecule has 3 N–H and O–H groups in total. The van der Waals surface area contributed by atoms with Crippen LogP contribution in [0, 0.1) is 13.8 Å². The fourth-order valence-electron chi connectivity index (χ4n) is 1.97. The minimum absolute atomic E-state index is 0.0506. The molecule has 0 saturated heterocycles. The second kappa shape index (κ2) is 4.01. The van der Waals surface area contributed by atoms with Gasteiger partial charge in [-0.1, -0.05) is 29.3 Å². The highest BCUT2D eigenvalue weighted by Gasteiger charge is 2.14. The average Bonchev–Trinajstić information content (AvgIpc) is 2.23. The first-order valence-electron chi connectivity index (χ1n) is 5.31. The Bertz CT molecular complexity index is 554. The van der Waals surface area contributed by atoms with Crippen molar-refractivity contribution in [1.29, 1.82) is 0 Å². The summed E-state index contributed by atoms with van der Waals surface area (Å²) in [6, 6.07) is 8.32. The lowest BCUT2D eigenvalue weighted by Gasteiger charge is -2.10. The van der Waals surface area contributed by atoms with Crippen LogP contribution in [-0.4, -0.2) is 15.3 Å². The topological polar surface area (TPSA) is 60.7 Å². The number of rotatable bonds is 1. The molecule has 88 valence electrons. The van der Waals surface area contributed by atoms with Crippen molar-refractivity contribution in [3.8, 4) is 28.4 Å². The van der Waals surface area contributed by atoms with E-state index in [0.29, 0.717) is 5.56 Å². The molecule has 0 radical (unpaired) electrons. The van der Waals surface area contributed by atoms with Crippen molar-refractivity contribution in [2.24, 2.45) is 0 Å². The van der Waals surface area contributed by atoms with E-state index >= 15 is 0 Å². The van der Waals surface area contributed by atoms with E-state index in [1.165, 1.54) is 12.1 Å². The molecule has 0 bridgehead atoms. The van der Waals surface area contributed by atoms with Crippen LogP contribution in [0.4, 0.5) is 0 Å². The molecule has 17 heavy (non-hydrogen) atoms. The lowest BCUT2D eigenvalue weighted by atomic mass is 9.99. The number of hydrogen-bond acceptors (Lipinski definition) is 3. The van der Waals surface area contributed by atoms with Gasteiger partial charge in [-0.15, -0.1) is 0 Å². The van der Waals surface area contributed by atoms with E-state index in [1.54, 1.807) is 0 Å². The third-order valence-corrected chi connectivity index (χ3v) is 2.64. The predicted octanol–water partition coefficient (Wildman–Crippen LogP) is 3.09. The van der Waals surface area contributed by atoms with Crippen molar-refractivity contribution >= 4 is 0 Å².